The quantitative estimate of drug-likeness (QED) is 0.174. The van der Waals surface area contributed by atoms with E-state index in [1.54, 1.807) is 0 Å². The summed E-state index contributed by atoms with van der Waals surface area (Å²) in [6, 6.07) is 15.2. The molecule has 0 aromatic heterocycles. The monoisotopic (exact) mass is 620 g/mol. The topological polar surface area (TPSA) is 0 Å². The zero-order valence-corrected chi connectivity index (χ0v) is 29.4. The summed E-state index contributed by atoms with van der Waals surface area (Å²) >= 11 is -0.159. The number of fused-ring (bicyclic) bond motifs is 3. The molecule has 35 heavy (non-hydrogen) atoms. The molecule has 2 aromatic carbocycles. The number of hydrogen-bond donors (Lipinski definition) is 0. The van der Waals surface area contributed by atoms with E-state index in [0.717, 1.165) is 12.8 Å². The first-order valence-corrected chi connectivity index (χ1v) is 18.4. The summed E-state index contributed by atoms with van der Waals surface area (Å²) in [5.41, 5.74) is 8.70. The first kappa shape index (κ1) is 44.8. The van der Waals surface area contributed by atoms with E-state index in [1.807, 2.05) is 12.2 Å². The molecule has 0 bridgehead atoms. The van der Waals surface area contributed by atoms with E-state index in [0.29, 0.717) is 0 Å². The van der Waals surface area contributed by atoms with Crippen molar-refractivity contribution in [1.29, 1.82) is 0 Å². The van der Waals surface area contributed by atoms with Gasteiger partial charge in [-0.2, -0.15) is 29.8 Å². The van der Waals surface area contributed by atoms with Gasteiger partial charge in [0, 0.05) is 0 Å². The average molecular weight is 623 g/mol. The van der Waals surface area contributed by atoms with Crippen molar-refractivity contribution in [3.05, 3.63) is 113 Å². The van der Waals surface area contributed by atoms with Crippen LogP contribution >= 0.6 is 24.8 Å². The second-order valence-corrected chi connectivity index (χ2v) is 16.0. The van der Waals surface area contributed by atoms with Gasteiger partial charge in [-0.25, -0.2) is 12.2 Å². The molecule has 0 N–H and O–H groups in total. The van der Waals surface area contributed by atoms with E-state index >= 15 is 0 Å². The number of hydrogen-bond acceptors (Lipinski definition) is 0. The van der Waals surface area contributed by atoms with Gasteiger partial charge in [0.25, 0.3) is 0 Å². The van der Waals surface area contributed by atoms with Crippen LogP contribution in [0, 0.1) is 41.8 Å². The Kier molecular flexibility index (Phi) is 25.4. The van der Waals surface area contributed by atoms with E-state index in [4.69, 9.17) is 0 Å². The Hall–Kier alpha value is -0.183. The van der Waals surface area contributed by atoms with Crippen LogP contribution in [0.1, 0.15) is 70.2 Å². The summed E-state index contributed by atoms with van der Waals surface area (Å²) in [5.74, 6) is 0. The van der Waals surface area contributed by atoms with Crippen LogP contribution in [-0.4, -0.2) is 13.8 Å². The number of rotatable bonds is 0. The van der Waals surface area contributed by atoms with Crippen molar-refractivity contribution < 1.29 is 20.5 Å². The van der Waals surface area contributed by atoms with Gasteiger partial charge in [-0.3, -0.25) is 6.08 Å². The van der Waals surface area contributed by atoms with Gasteiger partial charge in [-0.1, -0.05) is 65.3 Å². The van der Waals surface area contributed by atoms with Crippen LogP contribution in [0.15, 0.2) is 48.6 Å². The number of benzene rings is 2. The molecule has 0 amide bonds. The fraction of sp³-hybridized carbons (Fsp3) is 0.333. The Labute approximate surface area is 246 Å². The summed E-state index contributed by atoms with van der Waals surface area (Å²) in [4.78, 5) is 0. The molecule has 2 aromatic rings. The summed E-state index contributed by atoms with van der Waals surface area (Å²) < 4.78 is 0. The summed E-state index contributed by atoms with van der Waals surface area (Å²) in [7, 11) is 0. The first-order chi connectivity index (χ1) is 13.6. The van der Waals surface area contributed by atoms with E-state index < -0.39 is 0 Å². The van der Waals surface area contributed by atoms with E-state index in [1.165, 1.54) is 33.4 Å². The van der Waals surface area contributed by atoms with Crippen LogP contribution in [-0.2, 0) is 37.7 Å². The van der Waals surface area contributed by atoms with E-state index in [-0.39, 0.29) is 85.8 Å². The molecule has 0 spiro atoms. The molecule has 0 saturated heterocycles. The Morgan fingerprint density at radius 2 is 1.34 bits per heavy atom. The molecule has 2 aliphatic carbocycles. The molecule has 5 heteroatoms. The Balaban J connectivity index is -0.000000187. The van der Waals surface area contributed by atoms with Crippen molar-refractivity contribution >= 4 is 38.6 Å². The molecule has 196 valence electrons. The van der Waals surface area contributed by atoms with Gasteiger partial charge >= 0.3 is 34.2 Å². The van der Waals surface area contributed by atoms with Crippen LogP contribution < -0.4 is 0 Å². The van der Waals surface area contributed by atoms with Gasteiger partial charge in [0.15, 0.2) is 0 Å². The van der Waals surface area contributed by atoms with Crippen molar-refractivity contribution in [3.8, 4) is 11.1 Å². The number of allylic oxidation sites excluding steroid dienone is 4. The Morgan fingerprint density at radius 1 is 0.800 bits per heavy atom. The second-order valence-electron chi connectivity index (χ2n) is 9.44. The molecule has 0 aliphatic heterocycles. The summed E-state index contributed by atoms with van der Waals surface area (Å²) in [6.45, 7) is 20.1. The zero-order chi connectivity index (χ0) is 21.7. The average Bonchev–Trinajstić information content (AvgIpc) is 3.31. The van der Waals surface area contributed by atoms with Crippen molar-refractivity contribution in [3.63, 3.8) is 0 Å². The fourth-order valence-electron chi connectivity index (χ4n) is 3.37. The predicted molar refractivity (Wildman–Crippen MR) is 164 cm³/mol. The third-order valence-electron chi connectivity index (χ3n) is 5.05. The Bertz CT molecular complexity index is 888. The molecule has 4 rings (SSSR count). The molecule has 0 nitrogen and oxygen atoms in total. The zero-order valence-electron chi connectivity index (χ0n) is 23.3. The Morgan fingerprint density at radius 3 is 1.74 bits per heavy atom. The van der Waals surface area contributed by atoms with Crippen molar-refractivity contribution in [2.75, 3.05) is 0 Å². The van der Waals surface area contributed by atoms with Gasteiger partial charge in [-0.15, -0.1) is 42.4 Å². The maximum atomic E-state index is 3.67. The minimum absolute atomic E-state index is 0. The van der Waals surface area contributed by atoms with Gasteiger partial charge in [-0.05, 0) is 28.4 Å². The normalized spacial score (nSPS) is 11.1. The van der Waals surface area contributed by atoms with Gasteiger partial charge in [0.1, 0.15) is 0 Å². The van der Waals surface area contributed by atoms with Crippen molar-refractivity contribution in [1.82, 2.24) is 0 Å². The van der Waals surface area contributed by atoms with E-state index in [2.05, 4.69) is 104 Å². The van der Waals surface area contributed by atoms with Crippen LogP contribution in [0.2, 0.25) is 0 Å². The molecule has 0 saturated carbocycles. The molecular formula is C30H44Cl2Si2Zr-6. The standard InChI is InChI=1S/C21H25.C5H5.4CH3.2ClH.2Si.Zr/c1-20(2,3)16-7-9-18-14(12-16)11-15-13-17(21(4,5)6)8-10-19(15)18;1-2-4-5-3-1;;;;;;;;;/h7-10,12H,11H2,1-6H3;1-3H,4H2;4*1H3;2*1H;;;/q6*-1;;;;;. The second kappa shape index (κ2) is 19.9. The van der Waals surface area contributed by atoms with Crippen LogP contribution in [0.5, 0.6) is 0 Å². The number of halogens is 2. The molecule has 0 atom stereocenters. The summed E-state index contributed by atoms with van der Waals surface area (Å²) in [5, 5.41) is 0. The van der Waals surface area contributed by atoms with Gasteiger partial charge < -0.3 is 29.7 Å². The van der Waals surface area contributed by atoms with Crippen LogP contribution in [0.25, 0.3) is 11.1 Å². The summed E-state index contributed by atoms with van der Waals surface area (Å²) in [6.07, 6.45) is 11.0. The fourth-order valence-corrected chi connectivity index (χ4v) is 3.37. The van der Waals surface area contributed by atoms with Gasteiger partial charge in [0.05, 0.1) is 0 Å². The molecule has 0 fully saturated rings. The van der Waals surface area contributed by atoms with Crippen molar-refractivity contribution in [2.24, 2.45) is 0 Å². The first-order valence-electron chi connectivity index (χ1n) is 10.1. The van der Waals surface area contributed by atoms with Crippen LogP contribution in [0.3, 0.4) is 0 Å². The molecule has 4 radical (unpaired) electrons. The third-order valence-corrected chi connectivity index (χ3v) is 5.05. The molecule has 2 aliphatic rings. The SMILES string of the molecule is CC(C)(C)c1[c-]c2c(cc1)-c1ccc(C(C)(C)C)cc1C2.Cl.Cl.[C-]1=CC=CC1.[CH3-].[CH3-].[CH3-].[CH3-].[Si]=[Zr]=[Si]. The molecule has 0 heterocycles. The van der Waals surface area contributed by atoms with Crippen LogP contribution in [0.4, 0.5) is 0 Å². The third kappa shape index (κ3) is 13.3. The molecule has 0 unspecified atom stereocenters. The van der Waals surface area contributed by atoms with Crippen molar-refractivity contribution in [2.45, 2.75) is 65.2 Å². The molecular weight excluding hydrogens is 579 g/mol. The van der Waals surface area contributed by atoms with Gasteiger partial charge in [0.2, 0.25) is 0 Å². The minimum atomic E-state index is -0.159. The predicted octanol–water partition coefficient (Wildman–Crippen LogP) is 8.84. The maximum absolute atomic E-state index is 3.67. The van der Waals surface area contributed by atoms with E-state index in [9.17, 15) is 0 Å².